The third kappa shape index (κ3) is 3.05. The van der Waals surface area contributed by atoms with E-state index in [1.807, 2.05) is 48.5 Å². The van der Waals surface area contributed by atoms with Crippen molar-refractivity contribution < 1.29 is 5.11 Å². The number of para-hydroxylation sites is 2. The Morgan fingerprint density at radius 3 is 2.29 bits per heavy atom. The quantitative estimate of drug-likeness (QED) is 0.384. The Labute approximate surface area is 205 Å². The van der Waals surface area contributed by atoms with Gasteiger partial charge in [0.2, 0.25) is 0 Å². The molecule has 8 heteroatoms. The van der Waals surface area contributed by atoms with Crippen LogP contribution in [0.3, 0.4) is 0 Å². The van der Waals surface area contributed by atoms with Gasteiger partial charge in [-0.05, 0) is 47.5 Å². The number of aromatic nitrogens is 3. The van der Waals surface area contributed by atoms with Gasteiger partial charge < -0.3 is 15.0 Å². The van der Waals surface area contributed by atoms with Gasteiger partial charge >= 0.3 is 5.69 Å². The highest BCUT2D eigenvalue weighted by Gasteiger charge is 2.34. The Bertz CT molecular complexity index is 1750. The summed E-state index contributed by atoms with van der Waals surface area (Å²) in [5.74, 6) is 0.160. The number of hydrogen-bond acceptors (Lipinski definition) is 4. The smallest absolute Gasteiger partial charge is 0.331 e. The first-order chi connectivity index (χ1) is 16.9. The Morgan fingerprint density at radius 1 is 0.886 bits per heavy atom. The second-order valence-electron chi connectivity index (χ2n) is 8.69. The van der Waals surface area contributed by atoms with Crippen molar-refractivity contribution in [3.05, 3.63) is 110 Å². The summed E-state index contributed by atoms with van der Waals surface area (Å²) in [4.78, 5) is 26.7. The molecule has 0 radical (unpaired) electrons. The normalized spacial score (nSPS) is 14.4. The summed E-state index contributed by atoms with van der Waals surface area (Å²) in [7, 11) is 3.18. The highest BCUT2D eigenvalue weighted by atomic mass is 35.5. The molecule has 0 amide bonds. The lowest BCUT2D eigenvalue weighted by Crippen LogP contribution is -2.37. The predicted octanol–water partition coefficient (Wildman–Crippen LogP) is 4.57. The molecule has 0 aliphatic carbocycles. The van der Waals surface area contributed by atoms with Crippen molar-refractivity contribution in [3.63, 3.8) is 0 Å². The van der Waals surface area contributed by atoms with E-state index in [4.69, 9.17) is 11.6 Å². The average molecular weight is 485 g/mol. The number of aromatic hydroxyl groups is 1. The molecule has 5 aromatic rings. The van der Waals surface area contributed by atoms with Crippen molar-refractivity contribution in [3.8, 4) is 22.7 Å². The van der Waals surface area contributed by atoms with Crippen LogP contribution in [0.1, 0.15) is 17.3 Å². The number of benzene rings is 3. The fraction of sp³-hybridized carbons (Fsp3) is 0.111. The molecule has 1 aliphatic rings. The zero-order valence-electron chi connectivity index (χ0n) is 19.0. The van der Waals surface area contributed by atoms with E-state index >= 15 is 0 Å². The summed E-state index contributed by atoms with van der Waals surface area (Å²) in [5, 5.41) is 14.5. The Balaban J connectivity index is 1.85. The minimum Gasteiger partial charge on any atom is -0.508 e. The van der Waals surface area contributed by atoms with Crippen molar-refractivity contribution in [1.29, 1.82) is 0 Å². The van der Waals surface area contributed by atoms with E-state index < -0.39 is 5.69 Å². The highest BCUT2D eigenvalue weighted by Crippen LogP contribution is 2.45. The molecule has 35 heavy (non-hydrogen) atoms. The number of anilines is 1. The molecular weight excluding hydrogens is 464 g/mol. The summed E-state index contributed by atoms with van der Waals surface area (Å²) in [6.45, 7) is 0. The van der Waals surface area contributed by atoms with Crippen LogP contribution >= 0.6 is 11.6 Å². The van der Waals surface area contributed by atoms with E-state index in [0.717, 1.165) is 32.8 Å². The second-order valence-corrected chi connectivity index (χ2v) is 9.13. The molecule has 2 N–H and O–H groups in total. The maximum absolute atomic E-state index is 13.6. The lowest BCUT2D eigenvalue weighted by molar-refractivity contribution is 0.475. The first-order valence-electron chi connectivity index (χ1n) is 11.1. The van der Waals surface area contributed by atoms with E-state index in [9.17, 15) is 14.7 Å². The Hall–Kier alpha value is -4.23. The minimum absolute atomic E-state index is 0.160. The van der Waals surface area contributed by atoms with Crippen molar-refractivity contribution in [2.24, 2.45) is 14.1 Å². The molecule has 3 aromatic carbocycles. The Kier molecular flexibility index (Phi) is 4.66. The summed E-state index contributed by atoms with van der Waals surface area (Å²) < 4.78 is 4.74. The third-order valence-electron chi connectivity index (χ3n) is 6.67. The van der Waals surface area contributed by atoms with Gasteiger partial charge in [0, 0.05) is 19.1 Å². The van der Waals surface area contributed by atoms with Crippen LogP contribution < -0.4 is 16.6 Å². The molecule has 1 aliphatic heterocycles. The third-order valence-corrected chi connectivity index (χ3v) is 6.92. The summed E-state index contributed by atoms with van der Waals surface area (Å²) in [6, 6.07) is 21.8. The van der Waals surface area contributed by atoms with Gasteiger partial charge in [-0.2, -0.15) is 0 Å². The molecule has 0 saturated heterocycles. The van der Waals surface area contributed by atoms with Crippen molar-refractivity contribution in [1.82, 2.24) is 13.7 Å². The largest absolute Gasteiger partial charge is 0.508 e. The van der Waals surface area contributed by atoms with E-state index in [1.165, 1.54) is 11.6 Å². The van der Waals surface area contributed by atoms with E-state index in [-0.39, 0.29) is 17.4 Å². The van der Waals surface area contributed by atoms with Gasteiger partial charge in [-0.15, -0.1) is 0 Å². The first-order valence-corrected chi connectivity index (χ1v) is 11.5. The topological polar surface area (TPSA) is 81.2 Å². The van der Waals surface area contributed by atoms with Crippen LogP contribution in [0, 0.1) is 0 Å². The van der Waals surface area contributed by atoms with Gasteiger partial charge in [0.05, 0.1) is 39.7 Å². The SMILES string of the molecule is Cn1c(=O)c2c(-c3ccc(Cl)cc3)n3c(c2n(C)c1=O)[C@@H](c1ccc(O)cc1)Nc1ccccc1-3. The van der Waals surface area contributed by atoms with Gasteiger partial charge in [0.15, 0.2) is 0 Å². The fourth-order valence-electron chi connectivity index (χ4n) is 5.02. The molecule has 2 aromatic heterocycles. The molecule has 6 rings (SSSR count). The first kappa shape index (κ1) is 21.3. The predicted molar refractivity (Wildman–Crippen MR) is 138 cm³/mol. The van der Waals surface area contributed by atoms with Gasteiger partial charge in [0.25, 0.3) is 5.56 Å². The van der Waals surface area contributed by atoms with E-state index in [1.54, 1.807) is 31.3 Å². The number of aryl methyl sites for hydroxylation is 1. The van der Waals surface area contributed by atoms with Crippen molar-refractivity contribution in [2.45, 2.75) is 6.04 Å². The fourth-order valence-corrected chi connectivity index (χ4v) is 5.14. The lowest BCUT2D eigenvalue weighted by atomic mass is 9.99. The minimum atomic E-state index is -0.401. The van der Waals surface area contributed by atoms with Crippen molar-refractivity contribution >= 4 is 28.2 Å². The number of halogens is 1. The van der Waals surface area contributed by atoms with Crippen LogP contribution in [0.25, 0.3) is 27.8 Å². The summed E-state index contributed by atoms with van der Waals surface area (Å²) in [6.07, 6.45) is 0. The standard InChI is InChI=1S/C27H21ClN4O3/c1-30-24-21(26(34)31(2)27(30)35)23(16-7-11-17(28)12-8-16)32-20-6-4-3-5-19(20)29-22(25(24)32)15-9-13-18(33)14-10-15/h3-14,22,29,33H,1-2H3/t22-/m1/s1. The number of nitrogens with one attached hydrogen (secondary N) is 1. The van der Waals surface area contributed by atoms with Gasteiger partial charge in [0.1, 0.15) is 5.75 Å². The lowest BCUT2D eigenvalue weighted by Gasteiger charge is -2.31. The van der Waals surface area contributed by atoms with E-state index in [2.05, 4.69) is 9.88 Å². The zero-order valence-corrected chi connectivity index (χ0v) is 19.7. The maximum atomic E-state index is 13.6. The van der Waals surface area contributed by atoms with Crippen LogP contribution in [0.4, 0.5) is 5.69 Å². The summed E-state index contributed by atoms with van der Waals surface area (Å²) >= 11 is 6.19. The number of rotatable bonds is 2. The Morgan fingerprint density at radius 2 is 1.57 bits per heavy atom. The number of phenols is 1. The molecule has 0 saturated carbocycles. The number of fused-ring (bicyclic) bond motifs is 5. The molecule has 7 nitrogen and oxygen atoms in total. The molecule has 174 valence electrons. The van der Waals surface area contributed by atoms with Crippen molar-refractivity contribution in [2.75, 3.05) is 5.32 Å². The summed E-state index contributed by atoms with van der Waals surface area (Å²) in [5.41, 5.74) is 4.70. The van der Waals surface area contributed by atoms with Crippen LogP contribution in [0.15, 0.2) is 82.4 Å². The molecular formula is C27H21ClN4O3. The molecule has 3 heterocycles. The average Bonchev–Trinajstić information content (AvgIpc) is 3.23. The highest BCUT2D eigenvalue weighted by molar-refractivity contribution is 6.30. The van der Waals surface area contributed by atoms with Gasteiger partial charge in [-0.1, -0.05) is 48.0 Å². The van der Waals surface area contributed by atoms with E-state index in [0.29, 0.717) is 21.6 Å². The molecule has 0 unspecified atom stereocenters. The molecule has 0 bridgehead atoms. The molecule has 0 spiro atoms. The van der Waals surface area contributed by atoms with Crippen LogP contribution in [0.2, 0.25) is 5.02 Å². The number of hydrogen-bond donors (Lipinski definition) is 2. The van der Waals surface area contributed by atoms with Gasteiger partial charge in [-0.25, -0.2) is 4.79 Å². The number of phenolic OH excluding ortho intramolecular Hbond substituents is 1. The second kappa shape index (κ2) is 7.65. The van der Waals surface area contributed by atoms with Crippen LogP contribution in [0.5, 0.6) is 5.75 Å². The van der Waals surface area contributed by atoms with Gasteiger partial charge in [-0.3, -0.25) is 13.9 Å². The molecule has 1 atom stereocenters. The monoisotopic (exact) mass is 484 g/mol. The maximum Gasteiger partial charge on any atom is 0.331 e. The molecule has 0 fully saturated rings. The number of nitrogens with zero attached hydrogens (tertiary/aromatic N) is 3. The zero-order chi connectivity index (χ0) is 24.4. The van der Waals surface area contributed by atoms with Crippen LogP contribution in [-0.2, 0) is 14.1 Å². The van der Waals surface area contributed by atoms with Crippen LogP contribution in [-0.4, -0.2) is 18.8 Å².